The minimum Gasteiger partial charge on any atom is -0.444 e. The van der Waals surface area contributed by atoms with E-state index < -0.39 is 11.7 Å². The molecule has 0 saturated carbocycles. The van der Waals surface area contributed by atoms with Crippen LogP contribution in [0.25, 0.3) is 5.57 Å². The Kier molecular flexibility index (Phi) is 7.97. The molecule has 0 spiro atoms. The summed E-state index contributed by atoms with van der Waals surface area (Å²) < 4.78 is 5.25. The minimum atomic E-state index is -0.528. The number of thiazole rings is 1. The SMILES string of the molecule is CCCON(C=O)C1C=C(c2ncc(CNC(=O)OC(C)(C)C)s2)CN(C)C1. The van der Waals surface area contributed by atoms with Crippen molar-refractivity contribution >= 4 is 29.4 Å². The van der Waals surface area contributed by atoms with Crippen LogP contribution in [-0.4, -0.2) is 65.8 Å². The van der Waals surface area contributed by atoms with Gasteiger partial charge in [0.1, 0.15) is 10.6 Å². The molecule has 1 aliphatic heterocycles. The fraction of sp³-hybridized carbons (Fsp3) is 0.632. The van der Waals surface area contributed by atoms with Crippen LogP contribution in [0.2, 0.25) is 0 Å². The lowest BCUT2D eigenvalue weighted by Gasteiger charge is -2.33. The Balaban J connectivity index is 2.03. The second kappa shape index (κ2) is 9.99. The first-order valence-corrected chi connectivity index (χ1v) is 10.2. The number of nitrogens with zero attached hydrogens (tertiary/aromatic N) is 3. The van der Waals surface area contributed by atoms with Crippen molar-refractivity contribution in [1.29, 1.82) is 0 Å². The summed E-state index contributed by atoms with van der Waals surface area (Å²) in [5, 5.41) is 4.99. The second-order valence-electron chi connectivity index (χ2n) is 7.74. The fourth-order valence-corrected chi connectivity index (χ4v) is 3.58. The van der Waals surface area contributed by atoms with E-state index in [-0.39, 0.29) is 6.04 Å². The maximum atomic E-state index is 11.8. The van der Waals surface area contributed by atoms with Crippen LogP contribution in [0.3, 0.4) is 0 Å². The van der Waals surface area contributed by atoms with Gasteiger partial charge in [-0.2, -0.15) is 0 Å². The monoisotopic (exact) mass is 410 g/mol. The van der Waals surface area contributed by atoms with E-state index in [1.54, 1.807) is 6.20 Å². The number of carbonyl (C=O) groups excluding carboxylic acids is 2. The van der Waals surface area contributed by atoms with Crippen molar-refractivity contribution in [3.63, 3.8) is 0 Å². The first kappa shape index (κ1) is 22.3. The third-order valence-electron chi connectivity index (χ3n) is 3.84. The molecule has 1 aliphatic rings. The highest BCUT2D eigenvalue weighted by Gasteiger charge is 2.25. The molecular weight excluding hydrogens is 380 g/mol. The smallest absolute Gasteiger partial charge is 0.407 e. The molecule has 0 bridgehead atoms. The molecule has 2 heterocycles. The van der Waals surface area contributed by atoms with Crippen LogP contribution < -0.4 is 5.32 Å². The van der Waals surface area contributed by atoms with Crippen LogP contribution in [0.4, 0.5) is 4.79 Å². The predicted molar refractivity (Wildman–Crippen MR) is 109 cm³/mol. The summed E-state index contributed by atoms with van der Waals surface area (Å²) in [6.45, 7) is 9.78. The topological polar surface area (TPSA) is 84.0 Å². The molecule has 28 heavy (non-hydrogen) atoms. The third kappa shape index (κ3) is 6.88. The summed E-state index contributed by atoms with van der Waals surface area (Å²) >= 11 is 1.52. The second-order valence-corrected chi connectivity index (χ2v) is 8.86. The van der Waals surface area contributed by atoms with E-state index in [0.717, 1.165) is 34.8 Å². The Morgan fingerprint density at radius 1 is 1.50 bits per heavy atom. The molecule has 156 valence electrons. The molecule has 0 radical (unpaired) electrons. The summed E-state index contributed by atoms with van der Waals surface area (Å²) in [4.78, 5) is 36.3. The Hall–Kier alpha value is -1.97. The Morgan fingerprint density at radius 3 is 2.89 bits per heavy atom. The molecule has 1 aromatic heterocycles. The first-order chi connectivity index (χ1) is 13.2. The minimum absolute atomic E-state index is 0.162. The summed E-state index contributed by atoms with van der Waals surface area (Å²) in [6.07, 6.45) is 4.91. The van der Waals surface area contributed by atoms with Gasteiger partial charge in [-0.05, 0) is 34.2 Å². The van der Waals surface area contributed by atoms with Crippen molar-refractivity contribution in [2.75, 3.05) is 26.7 Å². The van der Waals surface area contributed by atoms with Gasteiger partial charge >= 0.3 is 6.09 Å². The lowest BCUT2D eigenvalue weighted by Crippen LogP contribution is -2.44. The molecule has 2 rings (SSSR count). The molecule has 0 fully saturated rings. The molecular formula is C19H30N4O4S. The molecule has 0 saturated heterocycles. The van der Waals surface area contributed by atoms with E-state index in [2.05, 4.69) is 15.2 Å². The summed E-state index contributed by atoms with van der Waals surface area (Å²) in [5.41, 5.74) is 0.513. The van der Waals surface area contributed by atoms with Gasteiger partial charge in [-0.3, -0.25) is 14.5 Å². The Morgan fingerprint density at radius 2 is 2.25 bits per heavy atom. The van der Waals surface area contributed by atoms with Crippen LogP contribution in [0.1, 0.15) is 44.0 Å². The molecule has 1 aromatic rings. The molecule has 1 atom stereocenters. The highest BCUT2D eigenvalue weighted by molar-refractivity contribution is 7.12. The highest BCUT2D eigenvalue weighted by atomic mass is 32.1. The van der Waals surface area contributed by atoms with E-state index in [4.69, 9.17) is 9.57 Å². The van der Waals surface area contributed by atoms with Crippen LogP contribution >= 0.6 is 11.3 Å². The van der Waals surface area contributed by atoms with E-state index in [1.165, 1.54) is 16.4 Å². The molecule has 8 nitrogen and oxygen atoms in total. The number of likely N-dealkylation sites (N-methyl/N-ethyl adjacent to an activating group) is 1. The van der Waals surface area contributed by atoms with Crippen LogP contribution in [0.5, 0.6) is 0 Å². The standard InChI is InChI=1S/C19H30N4O4S/c1-6-7-26-23(13-24)15-8-14(11-22(5)12-15)17-20-9-16(28-17)10-21-18(25)27-19(2,3)4/h8-9,13,15H,6-7,10-12H2,1-5H3,(H,21,25). The molecule has 0 aromatic carbocycles. The number of alkyl carbamates (subject to hydrolysis) is 1. The number of hydroxylamine groups is 2. The van der Waals surface area contributed by atoms with Gasteiger partial charge in [0.25, 0.3) is 0 Å². The van der Waals surface area contributed by atoms with E-state index in [1.807, 2.05) is 40.8 Å². The number of amides is 2. The number of hydrogen-bond donors (Lipinski definition) is 1. The lowest BCUT2D eigenvalue weighted by molar-refractivity contribution is -0.182. The van der Waals surface area contributed by atoms with Crippen molar-refractivity contribution in [1.82, 2.24) is 20.3 Å². The maximum absolute atomic E-state index is 11.8. The van der Waals surface area contributed by atoms with Gasteiger partial charge in [0, 0.05) is 29.7 Å². The highest BCUT2D eigenvalue weighted by Crippen LogP contribution is 2.26. The molecule has 0 aliphatic carbocycles. The van der Waals surface area contributed by atoms with Crippen LogP contribution in [-0.2, 0) is 20.9 Å². The van der Waals surface area contributed by atoms with Crippen molar-refractivity contribution in [2.24, 2.45) is 0 Å². The van der Waals surface area contributed by atoms with Gasteiger partial charge in [0.15, 0.2) is 0 Å². The van der Waals surface area contributed by atoms with E-state index >= 15 is 0 Å². The average Bonchev–Trinajstić information content (AvgIpc) is 3.08. The maximum Gasteiger partial charge on any atom is 0.407 e. The normalized spacial score (nSPS) is 17.8. The van der Waals surface area contributed by atoms with Gasteiger partial charge in [0.05, 0.1) is 19.2 Å². The van der Waals surface area contributed by atoms with Gasteiger partial charge in [0.2, 0.25) is 6.41 Å². The molecule has 9 heteroatoms. The van der Waals surface area contributed by atoms with Crippen molar-refractivity contribution < 1.29 is 19.2 Å². The Labute approximate surface area is 170 Å². The Bertz CT molecular complexity index is 698. The predicted octanol–water partition coefficient (Wildman–Crippen LogP) is 2.67. The zero-order valence-corrected chi connectivity index (χ0v) is 18.0. The van der Waals surface area contributed by atoms with Crippen LogP contribution in [0.15, 0.2) is 12.3 Å². The summed E-state index contributed by atoms with van der Waals surface area (Å²) in [7, 11) is 2.00. The van der Waals surface area contributed by atoms with Gasteiger partial charge < -0.3 is 10.1 Å². The van der Waals surface area contributed by atoms with Crippen molar-refractivity contribution in [3.8, 4) is 0 Å². The third-order valence-corrected chi connectivity index (χ3v) is 4.91. The number of aromatic nitrogens is 1. The number of rotatable bonds is 8. The number of nitrogens with one attached hydrogen (secondary N) is 1. The molecule has 2 amide bonds. The molecule has 1 N–H and O–H groups in total. The van der Waals surface area contributed by atoms with Crippen molar-refractivity contribution in [3.05, 3.63) is 22.2 Å². The zero-order valence-electron chi connectivity index (χ0n) is 17.2. The van der Waals surface area contributed by atoms with Gasteiger partial charge in [-0.25, -0.2) is 14.8 Å². The average molecular weight is 411 g/mol. The van der Waals surface area contributed by atoms with Crippen LogP contribution in [0, 0.1) is 0 Å². The van der Waals surface area contributed by atoms with E-state index in [9.17, 15) is 9.59 Å². The largest absolute Gasteiger partial charge is 0.444 e. The first-order valence-electron chi connectivity index (χ1n) is 9.39. The summed E-state index contributed by atoms with van der Waals surface area (Å²) in [5.74, 6) is 0. The van der Waals surface area contributed by atoms with E-state index in [0.29, 0.717) is 19.7 Å². The number of hydrogen-bond acceptors (Lipinski definition) is 7. The quantitative estimate of drug-likeness (QED) is 0.524. The zero-order chi connectivity index (χ0) is 20.7. The van der Waals surface area contributed by atoms with Gasteiger partial charge in [-0.1, -0.05) is 13.0 Å². The number of ether oxygens (including phenoxy) is 1. The molecule has 1 unspecified atom stereocenters. The van der Waals surface area contributed by atoms with Gasteiger partial charge in [-0.15, -0.1) is 11.3 Å². The fourth-order valence-electron chi connectivity index (χ4n) is 2.72. The lowest BCUT2D eigenvalue weighted by atomic mass is 10.1. The number of carbonyl (C=O) groups is 2. The van der Waals surface area contributed by atoms with Crippen molar-refractivity contribution in [2.45, 2.75) is 52.3 Å². The summed E-state index contributed by atoms with van der Waals surface area (Å²) in [6, 6.07) is -0.162.